The number of benzene rings is 1. The highest BCUT2D eigenvalue weighted by atomic mass is 16.5. The van der Waals surface area contributed by atoms with Crippen molar-refractivity contribution in [3.63, 3.8) is 0 Å². The predicted octanol–water partition coefficient (Wildman–Crippen LogP) is 3.87. The van der Waals surface area contributed by atoms with E-state index in [2.05, 4.69) is 43.4 Å². The van der Waals surface area contributed by atoms with E-state index in [0.717, 1.165) is 25.6 Å². The van der Waals surface area contributed by atoms with Crippen LogP contribution < -0.4 is 5.32 Å². The Balaban J connectivity index is 1.67. The van der Waals surface area contributed by atoms with Gasteiger partial charge in [-0.15, -0.1) is 0 Å². The van der Waals surface area contributed by atoms with E-state index in [-0.39, 0.29) is 0 Å². The summed E-state index contributed by atoms with van der Waals surface area (Å²) in [7, 11) is 0. The number of nitrogens with one attached hydrogen (secondary N) is 1. The number of hydrogen-bond acceptors (Lipinski definition) is 2. The van der Waals surface area contributed by atoms with E-state index in [0.29, 0.717) is 6.04 Å². The average Bonchev–Trinajstić information content (AvgIpc) is 2.38. The Morgan fingerprint density at radius 2 is 2.11 bits per heavy atom. The fourth-order valence-electron chi connectivity index (χ4n) is 2.36. The lowest BCUT2D eigenvalue weighted by Gasteiger charge is -2.27. The highest BCUT2D eigenvalue weighted by molar-refractivity contribution is 5.53. The molecular weight excluding hydrogens is 222 g/mol. The molecule has 0 bridgehead atoms. The molecule has 0 fully saturated rings. The largest absolute Gasteiger partial charge is 0.382 e. The molecule has 0 radical (unpaired) electrons. The van der Waals surface area contributed by atoms with Crippen LogP contribution in [0.2, 0.25) is 0 Å². The second-order valence-electron chi connectivity index (χ2n) is 5.62. The maximum atomic E-state index is 5.70. The molecule has 0 amide bonds. The van der Waals surface area contributed by atoms with E-state index in [1.54, 1.807) is 0 Å². The van der Waals surface area contributed by atoms with Crippen LogP contribution in [-0.4, -0.2) is 19.3 Å². The molecule has 0 saturated carbocycles. The van der Waals surface area contributed by atoms with E-state index in [4.69, 9.17) is 4.74 Å². The fraction of sp³-hybridized carbons (Fsp3) is 0.625. The van der Waals surface area contributed by atoms with Gasteiger partial charge in [-0.1, -0.05) is 32.0 Å². The molecule has 1 aliphatic heterocycles. The maximum Gasteiger partial charge on any atom is 0.0485 e. The standard InChI is InChI=1S/C16H25NO/c1-13(2)9-11-18-12-10-15-8-7-14-5-3-4-6-16(14)17-15/h3-6,13,15,17H,7-12H2,1-2H3. The molecule has 0 spiro atoms. The lowest BCUT2D eigenvalue weighted by atomic mass is 9.96. The molecule has 1 aliphatic rings. The van der Waals surface area contributed by atoms with Gasteiger partial charge in [0.25, 0.3) is 0 Å². The van der Waals surface area contributed by atoms with Gasteiger partial charge in [0.05, 0.1) is 0 Å². The normalized spacial score (nSPS) is 18.5. The first kappa shape index (κ1) is 13.4. The molecule has 0 aromatic heterocycles. The second-order valence-corrected chi connectivity index (χ2v) is 5.62. The van der Waals surface area contributed by atoms with Crippen molar-refractivity contribution in [3.05, 3.63) is 29.8 Å². The molecule has 18 heavy (non-hydrogen) atoms. The van der Waals surface area contributed by atoms with Crippen LogP contribution in [0, 0.1) is 5.92 Å². The number of hydrogen-bond donors (Lipinski definition) is 1. The van der Waals surface area contributed by atoms with E-state index < -0.39 is 0 Å². The highest BCUT2D eigenvalue weighted by Crippen LogP contribution is 2.25. The van der Waals surface area contributed by atoms with Crippen molar-refractivity contribution in [2.75, 3.05) is 18.5 Å². The van der Waals surface area contributed by atoms with Crippen molar-refractivity contribution in [2.45, 2.75) is 45.6 Å². The van der Waals surface area contributed by atoms with Crippen LogP contribution in [0.1, 0.15) is 38.7 Å². The molecular formula is C16H25NO. The maximum absolute atomic E-state index is 5.70. The van der Waals surface area contributed by atoms with Crippen LogP contribution >= 0.6 is 0 Å². The third-order valence-electron chi connectivity index (χ3n) is 3.59. The Hall–Kier alpha value is -1.02. The zero-order valence-electron chi connectivity index (χ0n) is 11.6. The summed E-state index contributed by atoms with van der Waals surface area (Å²) < 4.78 is 5.70. The van der Waals surface area contributed by atoms with Gasteiger partial charge in [0.2, 0.25) is 0 Å². The smallest absolute Gasteiger partial charge is 0.0485 e. The molecule has 2 nitrogen and oxygen atoms in total. The minimum absolute atomic E-state index is 0.582. The van der Waals surface area contributed by atoms with Crippen molar-refractivity contribution in [1.29, 1.82) is 0 Å². The lowest BCUT2D eigenvalue weighted by molar-refractivity contribution is 0.117. The fourth-order valence-corrected chi connectivity index (χ4v) is 2.36. The Morgan fingerprint density at radius 1 is 1.28 bits per heavy atom. The summed E-state index contributed by atoms with van der Waals surface area (Å²) in [5.74, 6) is 0.740. The van der Waals surface area contributed by atoms with Crippen LogP contribution in [0.3, 0.4) is 0 Å². The van der Waals surface area contributed by atoms with Gasteiger partial charge in [0, 0.05) is 24.9 Å². The summed E-state index contributed by atoms with van der Waals surface area (Å²) in [4.78, 5) is 0. The third-order valence-corrected chi connectivity index (χ3v) is 3.59. The Kier molecular flexibility index (Phi) is 5.06. The Bertz CT molecular complexity index is 362. The number of rotatable bonds is 6. The van der Waals surface area contributed by atoms with Gasteiger partial charge in [0.1, 0.15) is 0 Å². The predicted molar refractivity (Wildman–Crippen MR) is 77.1 cm³/mol. The van der Waals surface area contributed by atoms with Crippen molar-refractivity contribution >= 4 is 5.69 Å². The number of ether oxygens (including phenoxy) is 1. The molecule has 100 valence electrons. The van der Waals surface area contributed by atoms with Crippen LogP contribution in [0.4, 0.5) is 5.69 Å². The van der Waals surface area contributed by atoms with Gasteiger partial charge < -0.3 is 10.1 Å². The first-order valence-electron chi connectivity index (χ1n) is 7.18. The molecule has 1 aromatic rings. The minimum Gasteiger partial charge on any atom is -0.382 e. The SMILES string of the molecule is CC(C)CCOCCC1CCc2ccccc2N1. The van der Waals surface area contributed by atoms with E-state index in [1.165, 1.54) is 30.5 Å². The monoisotopic (exact) mass is 247 g/mol. The van der Waals surface area contributed by atoms with Crippen molar-refractivity contribution < 1.29 is 4.74 Å². The van der Waals surface area contributed by atoms with E-state index in [9.17, 15) is 0 Å². The zero-order valence-corrected chi connectivity index (χ0v) is 11.6. The number of fused-ring (bicyclic) bond motifs is 1. The molecule has 0 saturated heterocycles. The first-order valence-corrected chi connectivity index (χ1v) is 7.18. The van der Waals surface area contributed by atoms with Gasteiger partial charge in [-0.2, -0.15) is 0 Å². The minimum atomic E-state index is 0.582. The number of aryl methyl sites for hydroxylation is 1. The molecule has 1 unspecified atom stereocenters. The van der Waals surface area contributed by atoms with E-state index >= 15 is 0 Å². The average molecular weight is 247 g/mol. The summed E-state index contributed by atoms with van der Waals surface area (Å²) in [5, 5.41) is 3.62. The molecule has 1 heterocycles. The van der Waals surface area contributed by atoms with Crippen molar-refractivity contribution in [3.8, 4) is 0 Å². The summed E-state index contributed by atoms with van der Waals surface area (Å²) in [6.07, 6.45) is 4.71. The topological polar surface area (TPSA) is 21.3 Å². The summed E-state index contributed by atoms with van der Waals surface area (Å²) >= 11 is 0. The van der Waals surface area contributed by atoms with Crippen LogP contribution in [0.15, 0.2) is 24.3 Å². The summed E-state index contributed by atoms with van der Waals surface area (Å²) in [5.41, 5.74) is 2.77. The van der Waals surface area contributed by atoms with Gasteiger partial charge in [-0.3, -0.25) is 0 Å². The summed E-state index contributed by atoms with van der Waals surface area (Å²) in [6, 6.07) is 9.21. The first-order chi connectivity index (χ1) is 8.75. The molecule has 2 rings (SSSR count). The molecule has 1 N–H and O–H groups in total. The van der Waals surface area contributed by atoms with Gasteiger partial charge in [0.15, 0.2) is 0 Å². The number of para-hydroxylation sites is 1. The molecule has 1 aromatic carbocycles. The molecule has 1 atom stereocenters. The number of anilines is 1. The zero-order chi connectivity index (χ0) is 12.8. The van der Waals surface area contributed by atoms with Crippen LogP contribution in [0.5, 0.6) is 0 Å². The van der Waals surface area contributed by atoms with E-state index in [1.807, 2.05) is 0 Å². The van der Waals surface area contributed by atoms with Gasteiger partial charge in [-0.25, -0.2) is 0 Å². The van der Waals surface area contributed by atoms with Crippen LogP contribution in [0.25, 0.3) is 0 Å². The third kappa shape index (κ3) is 4.02. The van der Waals surface area contributed by atoms with Crippen LogP contribution in [-0.2, 0) is 11.2 Å². The van der Waals surface area contributed by atoms with Crippen molar-refractivity contribution in [2.24, 2.45) is 5.92 Å². The summed E-state index contributed by atoms with van der Waals surface area (Å²) in [6.45, 7) is 6.26. The molecule has 2 heteroatoms. The molecule has 0 aliphatic carbocycles. The highest BCUT2D eigenvalue weighted by Gasteiger charge is 2.16. The Morgan fingerprint density at radius 3 is 2.94 bits per heavy atom. The quantitative estimate of drug-likeness (QED) is 0.771. The second kappa shape index (κ2) is 6.79. The van der Waals surface area contributed by atoms with Crippen molar-refractivity contribution in [1.82, 2.24) is 0 Å². The Labute approximate surface area is 111 Å². The van der Waals surface area contributed by atoms with Gasteiger partial charge >= 0.3 is 0 Å². The van der Waals surface area contributed by atoms with Gasteiger partial charge in [-0.05, 0) is 43.2 Å². The lowest BCUT2D eigenvalue weighted by Crippen LogP contribution is -2.26.